The second-order valence-corrected chi connectivity index (χ2v) is 3.51. The second kappa shape index (κ2) is 7.11. The van der Waals surface area contributed by atoms with Gasteiger partial charge in [-0.15, -0.1) is 6.58 Å². The molecule has 18 heavy (non-hydrogen) atoms. The molecular formula is C13H16N2O3. The van der Waals surface area contributed by atoms with Crippen LogP contribution in [0.15, 0.2) is 43.0 Å². The van der Waals surface area contributed by atoms with E-state index in [1.54, 1.807) is 30.3 Å². The first-order valence-corrected chi connectivity index (χ1v) is 5.47. The molecule has 0 radical (unpaired) electrons. The first-order valence-electron chi connectivity index (χ1n) is 5.47. The molecule has 2 amide bonds. The molecule has 1 aromatic rings. The maximum atomic E-state index is 11.6. The van der Waals surface area contributed by atoms with E-state index in [9.17, 15) is 9.59 Å². The van der Waals surface area contributed by atoms with Gasteiger partial charge in [-0.2, -0.15) is 0 Å². The van der Waals surface area contributed by atoms with Gasteiger partial charge in [0.2, 0.25) is 0 Å². The van der Waals surface area contributed by atoms with Gasteiger partial charge in [-0.25, -0.2) is 9.59 Å². The molecule has 0 aliphatic heterocycles. The summed E-state index contributed by atoms with van der Waals surface area (Å²) >= 11 is 0. The standard InChI is InChI=1S/C13H16N2O3/c1-3-9-14-13(17)15-11(12(16)18-2)10-7-5-4-6-8-10/h3-8,11H,1,9H2,2H3,(H2,14,15,17). The SMILES string of the molecule is C=CCNC(=O)NC(C(=O)OC)c1ccccc1. The molecule has 0 aliphatic rings. The lowest BCUT2D eigenvalue weighted by molar-refractivity contribution is -0.143. The van der Waals surface area contributed by atoms with Crippen molar-refractivity contribution in [2.75, 3.05) is 13.7 Å². The van der Waals surface area contributed by atoms with Crippen molar-refractivity contribution in [3.63, 3.8) is 0 Å². The van der Waals surface area contributed by atoms with Gasteiger partial charge >= 0.3 is 12.0 Å². The third-order valence-corrected chi connectivity index (χ3v) is 2.25. The highest BCUT2D eigenvalue weighted by Gasteiger charge is 2.22. The lowest BCUT2D eigenvalue weighted by Gasteiger charge is -2.16. The van der Waals surface area contributed by atoms with Crippen molar-refractivity contribution in [2.24, 2.45) is 0 Å². The fourth-order valence-electron chi connectivity index (χ4n) is 1.39. The Bertz CT molecular complexity index is 418. The summed E-state index contributed by atoms with van der Waals surface area (Å²) in [6.07, 6.45) is 1.55. The predicted octanol–water partition coefficient (Wildman–Crippen LogP) is 1.39. The van der Waals surface area contributed by atoms with Crippen LogP contribution in [0.2, 0.25) is 0 Å². The molecule has 5 nitrogen and oxygen atoms in total. The molecule has 2 N–H and O–H groups in total. The van der Waals surface area contributed by atoms with Gasteiger partial charge in [-0.3, -0.25) is 0 Å². The summed E-state index contributed by atoms with van der Waals surface area (Å²) in [5, 5.41) is 5.08. The fourth-order valence-corrected chi connectivity index (χ4v) is 1.39. The Morgan fingerprint density at radius 1 is 1.39 bits per heavy atom. The molecule has 1 aromatic carbocycles. The van der Waals surface area contributed by atoms with E-state index in [1.165, 1.54) is 7.11 Å². The van der Waals surface area contributed by atoms with Gasteiger partial charge in [-0.05, 0) is 5.56 Å². The molecule has 0 saturated carbocycles. The molecule has 0 bridgehead atoms. The Morgan fingerprint density at radius 2 is 2.06 bits per heavy atom. The number of rotatable bonds is 5. The molecule has 0 fully saturated rings. The molecule has 96 valence electrons. The number of benzene rings is 1. The van der Waals surface area contributed by atoms with Gasteiger partial charge in [0.05, 0.1) is 7.11 Å². The van der Waals surface area contributed by atoms with Crippen molar-refractivity contribution in [1.29, 1.82) is 0 Å². The van der Waals surface area contributed by atoms with Crippen LogP contribution in [-0.4, -0.2) is 25.7 Å². The molecule has 1 atom stereocenters. The van der Waals surface area contributed by atoms with Gasteiger partial charge in [0.15, 0.2) is 6.04 Å². The summed E-state index contributed by atoms with van der Waals surface area (Å²) in [7, 11) is 1.28. The Kier molecular flexibility index (Phi) is 5.44. The summed E-state index contributed by atoms with van der Waals surface area (Å²) in [5.74, 6) is -0.519. The normalized spacial score (nSPS) is 11.2. The number of hydrogen-bond acceptors (Lipinski definition) is 3. The smallest absolute Gasteiger partial charge is 0.333 e. The van der Waals surface area contributed by atoms with Crippen LogP contribution in [0.1, 0.15) is 11.6 Å². The molecular weight excluding hydrogens is 232 g/mol. The highest BCUT2D eigenvalue weighted by atomic mass is 16.5. The maximum absolute atomic E-state index is 11.6. The molecule has 0 saturated heterocycles. The van der Waals surface area contributed by atoms with Gasteiger partial charge in [0.1, 0.15) is 0 Å². The Morgan fingerprint density at radius 3 is 2.61 bits per heavy atom. The monoisotopic (exact) mass is 248 g/mol. The Balaban J connectivity index is 2.77. The fraction of sp³-hybridized carbons (Fsp3) is 0.231. The number of nitrogens with one attached hydrogen (secondary N) is 2. The minimum absolute atomic E-state index is 0.328. The van der Waals surface area contributed by atoms with E-state index in [4.69, 9.17) is 0 Å². The van der Waals surface area contributed by atoms with Crippen molar-refractivity contribution in [2.45, 2.75) is 6.04 Å². The van der Waals surface area contributed by atoms with E-state index in [-0.39, 0.29) is 0 Å². The molecule has 5 heteroatoms. The van der Waals surface area contributed by atoms with Crippen LogP contribution in [0.25, 0.3) is 0 Å². The van der Waals surface area contributed by atoms with Crippen molar-refractivity contribution in [1.82, 2.24) is 10.6 Å². The van der Waals surface area contributed by atoms with Gasteiger partial charge in [0, 0.05) is 6.54 Å². The third-order valence-electron chi connectivity index (χ3n) is 2.25. The highest BCUT2D eigenvalue weighted by Crippen LogP contribution is 2.13. The third kappa shape index (κ3) is 3.93. The minimum atomic E-state index is -0.819. The molecule has 1 rings (SSSR count). The van der Waals surface area contributed by atoms with Crippen LogP contribution >= 0.6 is 0 Å². The van der Waals surface area contributed by atoms with E-state index in [1.807, 2.05) is 6.07 Å². The van der Waals surface area contributed by atoms with Crippen molar-refractivity contribution in [3.8, 4) is 0 Å². The zero-order chi connectivity index (χ0) is 13.4. The van der Waals surface area contributed by atoms with Crippen molar-refractivity contribution in [3.05, 3.63) is 48.6 Å². The Labute approximate surface area is 106 Å². The van der Waals surface area contributed by atoms with E-state index < -0.39 is 18.0 Å². The molecule has 0 aromatic heterocycles. The number of esters is 1. The average Bonchev–Trinajstić information content (AvgIpc) is 2.42. The van der Waals surface area contributed by atoms with Crippen LogP contribution in [0, 0.1) is 0 Å². The molecule has 0 aliphatic carbocycles. The molecule has 0 spiro atoms. The van der Waals surface area contributed by atoms with Crippen LogP contribution in [0.5, 0.6) is 0 Å². The Hall–Kier alpha value is -2.30. The first-order chi connectivity index (χ1) is 8.69. The molecule has 1 unspecified atom stereocenters. The second-order valence-electron chi connectivity index (χ2n) is 3.51. The summed E-state index contributed by atoms with van der Waals surface area (Å²) < 4.78 is 4.67. The van der Waals surface area contributed by atoms with E-state index in [2.05, 4.69) is 21.9 Å². The zero-order valence-corrected chi connectivity index (χ0v) is 10.2. The minimum Gasteiger partial charge on any atom is -0.467 e. The highest BCUT2D eigenvalue weighted by molar-refractivity contribution is 5.84. The van der Waals surface area contributed by atoms with Crippen molar-refractivity contribution < 1.29 is 14.3 Å². The maximum Gasteiger partial charge on any atom is 0.333 e. The van der Waals surface area contributed by atoms with Crippen LogP contribution in [-0.2, 0) is 9.53 Å². The average molecular weight is 248 g/mol. The van der Waals surface area contributed by atoms with Gasteiger partial charge < -0.3 is 15.4 Å². The van der Waals surface area contributed by atoms with E-state index in [0.29, 0.717) is 12.1 Å². The first kappa shape index (κ1) is 13.8. The molecule has 0 heterocycles. The lowest BCUT2D eigenvalue weighted by atomic mass is 10.1. The quantitative estimate of drug-likeness (QED) is 0.611. The number of amides is 2. The largest absolute Gasteiger partial charge is 0.467 e. The summed E-state index contributed by atoms with van der Waals surface area (Å²) in [6.45, 7) is 3.82. The zero-order valence-electron chi connectivity index (χ0n) is 10.2. The van der Waals surface area contributed by atoms with Crippen LogP contribution in [0.3, 0.4) is 0 Å². The van der Waals surface area contributed by atoms with Gasteiger partial charge in [0.25, 0.3) is 0 Å². The number of urea groups is 1. The number of methoxy groups -OCH3 is 1. The van der Waals surface area contributed by atoms with Gasteiger partial charge in [-0.1, -0.05) is 36.4 Å². The predicted molar refractivity (Wildman–Crippen MR) is 67.9 cm³/mol. The summed E-state index contributed by atoms with van der Waals surface area (Å²) in [4.78, 5) is 23.2. The van der Waals surface area contributed by atoms with Crippen LogP contribution < -0.4 is 10.6 Å². The van der Waals surface area contributed by atoms with E-state index >= 15 is 0 Å². The topological polar surface area (TPSA) is 67.4 Å². The number of carbonyl (C=O) groups excluding carboxylic acids is 2. The summed E-state index contributed by atoms with van der Waals surface area (Å²) in [6, 6.07) is 7.62. The van der Waals surface area contributed by atoms with Crippen LogP contribution in [0.4, 0.5) is 4.79 Å². The summed E-state index contributed by atoms with van der Waals surface area (Å²) in [5.41, 5.74) is 0.665. The number of hydrogen-bond donors (Lipinski definition) is 2. The number of ether oxygens (including phenoxy) is 1. The van der Waals surface area contributed by atoms with Crippen molar-refractivity contribution >= 4 is 12.0 Å². The van der Waals surface area contributed by atoms with E-state index in [0.717, 1.165) is 0 Å². The number of carbonyl (C=O) groups is 2. The lowest BCUT2D eigenvalue weighted by Crippen LogP contribution is -2.41.